The zero-order chi connectivity index (χ0) is 26.8. The molecule has 3 aromatic carbocycles. The number of halogens is 1. The highest BCUT2D eigenvalue weighted by Crippen LogP contribution is 2.31. The van der Waals surface area contributed by atoms with Crippen LogP contribution in [0.2, 0.25) is 5.02 Å². The van der Waals surface area contributed by atoms with Crippen LogP contribution in [0, 0.1) is 22.8 Å². The van der Waals surface area contributed by atoms with Crippen LogP contribution in [0.4, 0.5) is 5.82 Å². The van der Waals surface area contributed by atoms with Crippen molar-refractivity contribution in [3.63, 3.8) is 0 Å². The maximum atomic E-state index is 13.2. The Balaban J connectivity index is 1.40. The average Bonchev–Trinajstić information content (AvgIpc) is 3.52. The number of fused-ring (bicyclic) bond motifs is 1. The van der Waals surface area contributed by atoms with Gasteiger partial charge in [0.2, 0.25) is 5.78 Å². The highest BCUT2D eigenvalue weighted by molar-refractivity contribution is 6.32. The largest absolute Gasteiger partial charge is 0.457 e. The molecule has 5 rings (SSSR count). The number of benzene rings is 3. The number of carbonyl (C=O) groups is 2. The van der Waals surface area contributed by atoms with E-state index in [2.05, 4.69) is 21.5 Å². The van der Waals surface area contributed by atoms with Gasteiger partial charge >= 0.3 is 0 Å². The molecule has 0 fully saturated rings. The van der Waals surface area contributed by atoms with Crippen molar-refractivity contribution in [2.45, 2.75) is 0 Å². The molecule has 0 radical (unpaired) electrons. The third kappa shape index (κ3) is 4.51. The molecule has 0 atom stereocenters. The van der Waals surface area contributed by atoms with Gasteiger partial charge in [-0.05, 0) is 54.6 Å². The van der Waals surface area contributed by atoms with Crippen LogP contribution in [0.25, 0.3) is 16.6 Å². The van der Waals surface area contributed by atoms with E-state index in [9.17, 15) is 9.59 Å². The summed E-state index contributed by atoms with van der Waals surface area (Å²) in [6.45, 7) is 0. The van der Waals surface area contributed by atoms with E-state index in [1.165, 1.54) is 10.9 Å². The SMILES string of the molecule is N#CNC(=O)c1ccc2[nH]c(C(=O)c3cnn(-c4ccc(Oc5cccc(C#N)c5)cc4Cl)c3N)cc2c1. The predicted octanol–water partition coefficient (Wildman–Crippen LogP) is 4.70. The standard InChI is InChI=1S/C27H16ClN7O3/c28-21-11-19(38-18-3-1-2-15(8-18)12-29)5-7-24(21)35-26(31)20(13-33-35)25(36)23-10-17-9-16(27(37)32-14-30)4-6-22(17)34-23/h1-11,13,34H,31H2,(H,32,37). The van der Waals surface area contributed by atoms with Gasteiger partial charge < -0.3 is 15.5 Å². The number of amides is 1. The van der Waals surface area contributed by atoms with Gasteiger partial charge in [0.05, 0.1) is 39.8 Å². The minimum Gasteiger partial charge on any atom is -0.457 e. The number of nitrogen functional groups attached to an aromatic ring is 1. The van der Waals surface area contributed by atoms with E-state index in [1.54, 1.807) is 72.9 Å². The summed E-state index contributed by atoms with van der Waals surface area (Å²) in [5.41, 5.74) is 8.51. The molecule has 11 heteroatoms. The maximum absolute atomic E-state index is 13.2. The lowest BCUT2D eigenvalue weighted by Crippen LogP contribution is -2.16. The smallest absolute Gasteiger partial charge is 0.264 e. The van der Waals surface area contributed by atoms with Crippen LogP contribution in [0.5, 0.6) is 11.5 Å². The van der Waals surface area contributed by atoms with E-state index in [1.807, 2.05) is 0 Å². The molecule has 0 aliphatic carbocycles. The fourth-order valence-corrected chi connectivity index (χ4v) is 4.13. The van der Waals surface area contributed by atoms with Crippen molar-refractivity contribution < 1.29 is 14.3 Å². The minimum atomic E-state index is -0.544. The van der Waals surface area contributed by atoms with Gasteiger partial charge in [0, 0.05) is 22.5 Å². The Morgan fingerprint density at radius 3 is 2.63 bits per heavy atom. The number of carbonyl (C=O) groups excluding carboxylic acids is 2. The summed E-state index contributed by atoms with van der Waals surface area (Å²) >= 11 is 6.49. The van der Waals surface area contributed by atoms with Crippen LogP contribution in [-0.4, -0.2) is 26.5 Å². The van der Waals surface area contributed by atoms with Gasteiger partial charge in [-0.3, -0.25) is 14.9 Å². The maximum Gasteiger partial charge on any atom is 0.264 e. The molecule has 10 nitrogen and oxygen atoms in total. The summed E-state index contributed by atoms with van der Waals surface area (Å²) in [6, 6.07) is 20.0. The minimum absolute atomic E-state index is 0.0834. The fourth-order valence-electron chi connectivity index (χ4n) is 3.88. The first kappa shape index (κ1) is 24.1. The molecule has 0 aliphatic heterocycles. The van der Waals surface area contributed by atoms with Gasteiger partial charge in [0.25, 0.3) is 5.91 Å². The lowest BCUT2D eigenvalue weighted by Gasteiger charge is -2.10. The van der Waals surface area contributed by atoms with Crippen LogP contribution in [0.1, 0.15) is 32.0 Å². The molecule has 4 N–H and O–H groups in total. The second kappa shape index (κ2) is 9.82. The number of nitrogens with two attached hydrogens (primary N) is 1. The number of H-pyrrole nitrogens is 1. The molecule has 0 bridgehead atoms. The van der Waals surface area contributed by atoms with Crippen LogP contribution < -0.4 is 15.8 Å². The molecule has 0 saturated carbocycles. The Kier molecular flexibility index (Phi) is 6.23. The zero-order valence-electron chi connectivity index (χ0n) is 19.4. The number of aromatic nitrogens is 3. The zero-order valence-corrected chi connectivity index (χ0v) is 20.2. The van der Waals surface area contributed by atoms with Gasteiger partial charge in [-0.15, -0.1) is 0 Å². The van der Waals surface area contributed by atoms with Crippen molar-refractivity contribution >= 4 is 40.0 Å². The molecule has 5 aromatic rings. The summed E-state index contributed by atoms with van der Waals surface area (Å²) in [6.07, 6.45) is 2.94. The number of hydrogen-bond donors (Lipinski definition) is 3. The second-order valence-electron chi connectivity index (χ2n) is 8.09. The number of anilines is 1. The highest BCUT2D eigenvalue weighted by atomic mass is 35.5. The molecule has 2 aromatic heterocycles. The Bertz CT molecular complexity index is 1820. The fraction of sp³-hybridized carbons (Fsp3) is 0. The first-order chi connectivity index (χ1) is 18.4. The third-order valence-electron chi connectivity index (χ3n) is 5.69. The van der Waals surface area contributed by atoms with Gasteiger partial charge in [-0.25, -0.2) is 4.68 Å². The Labute approximate surface area is 220 Å². The summed E-state index contributed by atoms with van der Waals surface area (Å²) in [7, 11) is 0. The van der Waals surface area contributed by atoms with E-state index in [-0.39, 0.29) is 27.7 Å². The van der Waals surface area contributed by atoms with Crippen LogP contribution in [0.3, 0.4) is 0 Å². The van der Waals surface area contributed by atoms with Crippen LogP contribution in [0.15, 0.2) is 72.9 Å². The quantitative estimate of drug-likeness (QED) is 0.166. The Morgan fingerprint density at radius 2 is 1.87 bits per heavy atom. The Hall–Kier alpha value is -5.58. The highest BCUT2D eigenvalue weighted by Gasteiger charge is 2.21. The molecule has 0 aliphatic rings. The first-order valence-electron chi connectivity index (χ1n) is 11.1. The molecule has 2 heterocycles. The number of aromatic amines is 1. The lowest BCUT2D eigenvalue weighted by molar-refractivity contribution is 0.0972. The topological polar surface area (TPSA) is 163 Å². The lowest BCUT2D eigenvalue weighted by atomic mass is 10.1. The summed E-state index contributed by atoms with van der Waals surface area (Å²) in [5.74, 6) is 0.0618. The number of ether oxygens (including phenoxy) is 1. The van der Waals surface area contributed by atoms with Gasteiger partial charge in [0.15, 0.2) is 6.19 Å². The summed E-state index contributed by atoms with van der Waals surface area (Å²) in [4.78, 5) is 28.2. The van der Waals surface area contributed by atoms with Crippen LogP contribution >= 0.6 is 11.6 Å². The normalized spacial score (nSPS) is 10.5. The third-order valence-corrected chi connectivity index (χ3v) is 6.00. The van der Waals surface area contributed by atoms with E-state index < -0.39 is 11.7 Å². The predicted molar refractivity (Wildman–Crippen MR) is 139 cm³/mol. The molecule has 0 saturated heterocycles. The van der Waals surface area contributed by atoms with Gasteiger partial charge in [0.1, 0.15) is 17.3 Å². The van der Waals surface area contributed by atoms with Gasteiger partial charge in [-0.2, -0.15) is 15.6 Å². The van der Waals surface area contributed by atoms with Gasteiger partial charge in [-0.1, -0.05) is 17.7 Å². The molecular weight excluding hydrogens is 506 g/mol. The molecule has 0 unspecified atom stereocenters. The molecule has 38 heavy (non-hydrogen) atoms. The second-order valence-corrected chi connectivity index (χ2v) is 8.50. The van der Waals surface area contributed by atoms with Crippen molar-refractivity contribution in [3.05, 3.63) is 100 Å². The van der Waals surface area contributed by atoms with Crippen LogP contribution in [-0.2, 0) is 0 Å². The van der Waals surface area contributed by atoms with Crippen molar-refractivity contribution in [2.75, 3.05) is 5.73 Å². The van der Waals surface area contributed by atoms with Crippen molar-refractivity contribution in [2.24, 2.45) is 0 Å². The van der Waals surface area contributed by atoms with E-state index >= 15 is 0 Å². The number of ketones is 1. The number of nitrogens with zero attached hydrogens (tertiary/aromatic N) is 4. The number of nitriles is 2. The first-order valence-corrected chi connectivity index (χ1v) is 11.4. The van der Waals surface area contributed by atoms with Crippen molar-refractivity contribution in [1.82, 2.24) is 20.1 Å². The number of rotatable bonds is 6. The molecule has 1 amide bonds. The molecule has 0 spiro atoms. The molecule has 184 valence electrons. The number of hydrogen-bond acceptors (Lipinski definition) is 7. The van der Waals surface area contributed by atoms with Crippen molar-refractivity contribution in [1.29, 1.82) is 10.5 Å². The summed E-state index contributed by atoms with van der Waals surface area (Å²) < 4.78 is 7.14. The van der Waals surface area contributed by atoms with Crippen molar-refractivity contribution in [3.8, 4) is 29.4 Å². The van der Waals surface area contributed by atoms with E-state index in [0.29, 0.717) is 33.7 Å². The monoisotopic (exact) mass is 521 g/mol. The molecular formula is C27H16ClN7O3. The number of nitrogens with one attached hydrogen (secondary N) is 2. The summed E-state index contributed by atoms with van der Waals surface area (Å²) in [5, 5.41) is 24.9. The van der Waals surface area contributed by atoms with E-state index in [0.717, 1.165) is 0 Å². The average molecular weight is 522 g/mol. The Morgan fingerprint density at radius 1 is 1.05 bits per heavy atom. The van der Waals surface area contributed by atoms with E-state index in [4.69, 9.17) is 32.6 Å².